The molecule has 63 nitrogen and oxygen atoms in total. The Hall–Kier alpha value is -5.16. The van der Waals surface area contributed by atoms with Crippen LogP contribution >= 0.6 is 0 Å². The van der Waals surface area contributed by atoms with Gasteiger partial charge in [-0.3, -0.25) is 19.2 Å². The first-order valence-electron chi connectivity index (χ1n) is 47.3. The Kier molecular flexibility index (Phi) is 43.7. The van der Waals surface area contributed by atoms with E-state index in [-0.39, 0.29) is 6.61 Å². The molecule has 22 unspecified atom stereocenters. The highest BCUT2D eigenvalue weighted by molar-refractivity contribution is 5.98. The molecule has 0 bridgehead atoms. The van der Waals surface area contributed by atoms with Crippen LogP contribution in [0.1, 0.15) is 61.3 Å². The smallest absolute Gasteiger partial charge is 0.364 e. The maximum Gasteiger partial charge on any atom is 0.364 e. The van der Waals surface area contributed by atoms with Crippen LogP contribution in [0.5, 0.6) is 0 Å². The number of carboxylic acids is 2. The maximum atomic E-state index is 13.3. The van der Waals surface area contributed by atoms with Gasteiger partial charge in [-0.2, -0.15) is 0 Å². The van der Waals surface area contributed by atoms with Crippen LogP contribution in [0.15, 0.2) is 0 Å². The van der Waals surface area contributed by atoms with Gasteiger partial charge in [0.15, 0.2) is 50.3 Å². The van der Waals surface area contributed by atoms with Gasteiger partial charge in [0, 0.05) is 52.4 Å². The number of amides is 4. The van der Waals surface area contributed by atoms with Gasteiger partial charge in [-0.1, -0.05) is 13.8 Å². The number of rotatable bonds is 42. The van der Waals surface area contributed by atoms with Gasteiger partial charge in [0.1, 0.15) is 238 Å². The summed E-state index contributed by atoms with van der Waals surface area (Å²) in [5.41, 5.74) is 0. The molecule has 4 amide bonds. The molecule has 0 saturated carbocycles. The minimum atomic E-state index is -2.96. The highest BCUT2D eigenvalue weighted by Gasteiger charge is 2.65. The number of carbonyl (C=O) groups is 6. The number of aliphatic hydroxyl groups is 29. The zero-order chi connectivity index (χ0) is 109. The number of hydrogen-bond acceptors (Lipinski definition) is 57. The van der Waals surface area contributed by atoms with Crippen LogP contribution in [0.3, 0.4) is 0 Å². The lowest BCUT2D eigenvalue weighted by atomic mass is 9.84. The third-order valence-electron chi connectivity index (χ3n) is 27.7. The minimum absolute atomic E-state index is 0.319. The summed E-state index contributed by atoms with van der Waals surface area (Å²) in [6, 6.07) is -7.33. The van der Waals surface area contributed by atoms with Crippen molar-refractivity contribution in [1.29, 1.82) is 0 Å². The largest absolute Gasteiger partial charge is 0.477 e. The predicted octanol–water partition coefficient (Wildman–Crippen LogP) is -22.8. The average molecular weight is 2150 g/mol. The molecule has 0 radical (unpaired) electrons. The van der Waals surface area contributed by atoms with Crippen molar-refractivity contribution in [2.24, 2.45) is 11.8 Å². The summed E-state index contributed by atoms with van der Waals surface area (Å²) in [6.45, 7) is -4.37. The molecule has 0 spiro atoms. The topological polar surface area (TPSA) is 981 Å². The van der Waals surface area contributed by atoms with Crippen molar-refractivity contribution in [2.75, 3.05) is 72.7 Å². The first kappa shape index (κ1) is 122. The second kappa shape index (κ2) is 52.6. The summed E-state index contributed by atoms with van der Waals surface area (Å²) in [6.07, 6.45) is -106. The number of aliphatic carboxylic acids is 2. The molecule has 11 heterocycles. The molecular weight excluding hydrogens is 2010 g/mol. The standard InChI is InChI=1S/C83H139BN4O59/c1-21-28(100)8-82(80(122)123,146-63(21)45(104)30(102)10-89)127-18-38-49(108)56(115)60(119)75(137-38)140-65-34(14-93)134-73(43(54(65)113)87-26(6)98)144-70-58(117)47(106)32(12-91)131-78(70)126-17-37-51(110)69(62(121)77(136-37)142-67-36(16-95)133-72(42(53(67)112)86-25(5)97)139-68-40(20-129-84)130-23(3)41(52(68)111)85-24(4)96)143-79-71(59(118)48(107)33(13-92)132-79)145-74-44(88-27(7)99)55(114)66(35(15-94)135-74)141-76-61(120)57(116)50(109)39(138-76)19-128-83(81(124)125)9-29(101)22(2)64(147-83)46(105)31(103)11-90/h21-23,28-79,89-95,100-121H,8-20,84H2,1-7H3,(H,85,96)(H,86,97)(H,87,98)(H,88,99)(H,122,123)(H,124,125)/t21-,22-,23?,28-,29-,30-,31-,32?,33?,34?,35?,36?,37?,38?,39?,40?,41-,42+,43+,44+,45+,46+,47-,48?,49+,50+,51-,52-,53-,54-,55-,56+,57+,58+,59+,60+,61+,62-,63?,64?,65-,66-,67-,68-,69+,70-,71+,72?,73?,74?,75?,76?,77?,78?,79+,82?,83?/m1/s1. The van der Waals surface area contributed by atoms with Gasteiger partial charge in [-0.05, 0) is 6.92 Å². The van der Waals surface area contributed by atoms with Crippen LogP contribution in [-0.2, 0) is 133 Å². The zero-order valence-electron chi connectivity index (χ0n) is 80.2. The number of hydrogen-bond donors (Lipinski definition) is 35. The van der Waals surface area contributed by atoms with Gasteiger partial charge in [0.25, 0.3) is 19.6 Å². The van der Waals surface area contributed by atoms with E-state index in [4.69, 9.17) is 104 Å². The molecule has 35 N–H and O–H groups in total. The van der Waals surface area contributed by atoms with Crippen molar-refractivity contribution in [2.45, 2.75) is 398 Å². The molecule has 11 fully saturated rings. The lowest BCUT2D eigenvalue weighted by Gasteiger charge is -2.51. The lowest BCUT2D eigenvalue weighted by molar-refractivity contribution is -0.399. The third-order valence-corrected chi connectivity index (χ3v) is 27.7. The number of aliphatic hydroxyl groups excluding tert-OH is 29. The first-order valence-corrected chi connectivity index (χ1v) is 47.3. The summed E-state index contributed by atoms with van der Waals surface area (Å²) in [5, 5.41) is 359. The van der Waals surface area contributed by atoms with E-state index >= 15 is 0 Å². The summed E-state index contributed by atoms with van der Waals surface area (Å²) in [7, 11) is 1.26. The second-order valence-corrected chi connectivity index (χ2v) is 38.0. The van der Waals surface area contributed by atoms with Crippen molar-refractivity contribution in [3.05, 3.63) is 0 Å². The Morgan fingerprint density at radius 2 is 0.605 bits per heavy atom. The molecule has 11 aliphatic heterocycles. The van der Waals surface area contributed by atoms with Crippen LogP contribution in [0.2, 0.25) is 0 Å². The average Bonchev–Trinajstić information content (AvgIpc) is 0.759. The summed E-state index contributed by atoms with van der Waals surface area (Å²) >= 11 is 0. The highest BCUT2D eigenvalue weighted by atomic mass is 16.8. The zero-order valence-corrected chi connectivity index (χ0v) is 80.2. The lowest BCUT2D eigenvalue weighted by Crippen LogP contribution is -2.71. The molecule has 0 aromatic heterocycles. The van der Waals surface area contributed by atoms with Crippen molar-refractivity contribution in [3.8, 4) is 0 Å². The SMILES string of the molecule is BOCC1OC(C)[C@@H](NC(C)=O)[C@@H](O)[C@@H]1OC1OC(CO)[C@@H](OC2OC(COC3OC(CO)[C@@H](O)[C@H](O)[C@H]3OC3OC(CO)[C@@H](OC4OC(COC5(C(=O)O)C[C@@H](O)[C@@H](C)C([C@@H](O)[C@H](O)CO)O5)[C@H](O)[C@H](O)[C@@H]4O)[C@H](O)[C@@H]3NC(C)=O)[C@@H](O)[C@H](O[C@@H]3OC(CO)C(O)[C@H](O)[C@@H]3OC3OC(CO)[C@@H](OC4OC(COC5(C(=O)O)C[C@@H](O)[C@@H](C)C([C@@H](O)[C@H](O)CO)O5)[C@H](O)[C@H](O)[C@@H]4O)[C@H](O)[C@@H]3NC(C)=O)[C@H]2O)[C@H](O)[C@@H]1NC(C)=O. The molecular formula is C83H139BN4O59. The van der Waals surface area contributed by atoms with Crippen molar-refractivity contribution >= 4 is 43.6 Å². The number of nitrogens with one attached hydrogen (secondary N) is 4. The summed E-state index contributed by atoms with van der Waals surface area (Å²) in [4.78, 5) is 78.2. The van der Waals surface area contributed by atoms with Crippen LogP contribution in [0, 0.1) is 11.8 Å². The van der Waals surface area contributed by atoms with Gasteiger partial charge in [0.05, 0.1) is 109 Å². The van der Waals surface area contributed by atoms with Crippen LogP contribution in [0.4, 0.5) is 0 Å². The van der Waals surface area contributed by atoms with Gasteiger partial charge in [-0.15, -0.1) is 0 Å². The molecule has 64 heteroatoms. The summed E-state index contributed by atoms with van der Waals surface area (Å²) in [5.74, 6) is -15.8. The Balaban J connectivity index is 0.891. The molecule has 147 heavy (non-hydrogen) atoms. The Morgan fingerprint density at radius 3 is 0.952 bits per heavy atom. The van der Waals surface area contributed by atoms with E-state index < -0.39 is 463 Å². The fraction of sp³-hybridized carbons (Fsp3) is 0.928. The quantitative estimate of drug-likeness (QED) is 0.0252. The molecule has 0 aromatic rings. The van der Waals surface area contributed by atoms with E-state index in [1.54, 1.807) is 0 Å². The second-order valence-electron chi connectivity index (χ2n) is 38.0. The van der Waals surface area contributed by atoms with Crippen LogP contribution in [0.25, 0.3) is 0 Å². The predicted molar refractivity (Wildman–Crippen MR) is 460 cm³/mol. The molecule has 0 aromatic carbocycles. The molecule has 11 saturated heterocycles. The highest BCUT2D eigenvalue weighted by Crippen LogP contribution is 2.45. The van der Waals surface area contributed by atoms with Crippen molar-refractivity contribution in [1.82, 2.24) is 21.3 Å². The van der Waals surface area contributed by atoms with E-state index in [1.165, 1.54) is 28.8 Å². The fourth-order valence-electron chi connectivity index (χ4n) is 19.4. The summed E-state index contributed by atoms with van der Waals surface area (Å²) < 4.78 is 132. The molecule has 11 aliphatic rings. The first-order chi connectivity index (χ1) is 69.2. The maximum absolute atomic E-state index is 13.3. The van der Waals surface area contributed by atoms with Crippen molar-refractivity contribution < 1.29 is 291 Å². The van der Waals surface area contributed by atoms with E-state index in [9.17, 15) is 187 Å². The number of carboxylic acid groups (broad SMARTS) is 2. The van der Waals surface area contributed by atoms with Crippen LogP contribution < -0.4 is 21.3 Å². The molecule has 57 atom stereocenters. The number of carbonyl (C=O) groups excluding carboxylic acids is 4. The van der Waals surface area contributed by atoms with Crippen LogP contribution in [-0.4, -0.2) is 611 Å². The minimum Gasteiger partial charge on any atom is -0.477 e. The fourth-order valence-corrected chi connectivity index (χ4v) is 19.4. The molecule has 11 rings (SSSR count). The van der Waals surface area contributed by atoms with Gasteiger partial charge < -0.3 is 284 Å². The molecule has 0 aliphatic carbocycles. The molecule has 848 valence electrons. The van der Waals surface area contributed by atoms with E-state index in [0.29, 0.717) is 0 Å². The Bertz CT molecular complexity index is 4170. The Morgan fingerprint density at radius 1 is 0.313 bits per heavy atom. The normalized spacial score (nSPS) is 47.3. The van der Waals surface area contributed by atoms with Crippen molar-refractivity contribution in [3.63, 3.8) is 0 Å². The van der Waals surface area contributed by atoms with Gasteiger partial charge >= 0.3 is 11.9 Å². The van der Waals surface area contributed by atoms with E-state index in [1.807, 2.05) is 0 Å². The van der Waals surface area contributed by atoms with E-state index in [0.717, 1.165) is 27.7 Å². The monoisotopic (exact) mass is 2150 g/mol. The Labute approximate surface area is 835 Å². The van der Waals surface area contributed by atoms with Gasteiger partial charge in [-0.25, -0.2) is 9.59 Å². The van der Waals surface area contributed by atoms with Gasteiger partial charge in [0.2, 0.25) is 23.6 Å². The van der Waals surface area contributed by atoms with E-state index in [2.05, 4.69) is 21.3 Å². The third kappa shape index (κ3) is 27.0. The number of ether oxygens (including phenoxy) is 21.